The Labute approximate surface area is 179 Å². The van der Waals surface area contributed by atoms with E-state index in [1.54, 1.807) is 6.07 Å². The van der Waals surface area contributed by atoms with Gasteiger partial charge in [-0.1, -0.05) is 48.0 Å². The molecular weight excluding hydrogens is 410 g/mol. The van der Waals surface area contributed by atoms with Gasteiger partial charge in [0.15, 0.2) is 5.16 Å². The molecular formula is C20H24ClN5O2S. The number of aryl methyl sites for hydroxylation is 1. The maximum absolute atomic E-state index is 12.2. The molecule has 7 nitrogen and oxygen atoms in total. The molecule has 1 aliphatic rings. The number of halogens is 1. The van der Waals surface area contributed by atoms with E-state index >= 15 is 0 Å². The smallest absolute Gasteiger partial charge is 0.234 e. The van der Waals surface area contributed by atoms with Gasteiger partial charge in [-0.25, -0.2) is 9.97 Å². The van der Waals surface area contributed by atoms with Gasteiger partial charge in [0.05, 0.1) is 5.75 Å². The van der Waals surface area contributed by atoms with Crippen molar-refractivity contribution >= 4 is 46.7 Å². The molecule has 1 saturated heterocycles. The van der Waals surface area contributed by atoms with Crippen molar-refractivity contribution in [3.8, 4) is 0 Å². The van der Waals surface area contributed by atoms with Crippen LogP contribution in [0.25, 0.3) is 0 Å². The molecule has 0 spiro atoms. The fraction of sp³-hybridized carbons (Fsp3) is 0.400. The van der Waals surface area contributed by atoms with Gasteiger partial charge in [0.25, 0.3) is 0 Å². The number of hydrogen-bond donors (Lipinski definition) is 1. The van der Waals surface area contributed by atoms with Gasteiger partial charge < -0.3 is 15.1 Å². The third-order valence-corrected chi connectivity index (χ3v) is 5.63. The lowest BCUT2D eigenvalue weighted by molar-refractivity contribution is -0.131. The maximum Gasteiger partial charge on any atom is 0.234 e. The number of piperazine rings is 1. The molecule has 0 radical (unpaired) electrons. The maximum atomic E-state index is 12.2. The Morgan fingerprint density at radius 2 is 1.83 bits per heavy atom. The van der Waals surface area contributed by atoms with Gasteiger partial charge in [-0.3, -0.25) is 9.59 Å². The average Bonchev–Trinajstić information content (AvgIpc) is 2.73. The Bertz CT molecular complexity index is 870. The van der Waals surface area contributed by atoms with E-state index in [0.717, 1.165) is 17.1 Å². The van der Waals surface area contributed by atoms with Crippen LogP contribution < -0.4 is 10.2 Å². The van der Waals surface area contributed by atoms with Gasteiger partial charge >= 0.3 is 0 Å². The molecule has 9 heteroatoms. The van der Waals surface area contributed by atoms with Crippen LogP contribution in [0.4, 0.5) is 11.5 Å². The number of hydrogen-bond acceptors (Lipinski definition) is 6. The second kappa shape index (κ2) is 9.93. The van der Waals surface area contributed by atoms with Crippen molar-refractivity contribution in [2.45, 2.75) is 25.4 Å². The Kier molecular flexibility index (Phi) is 7.33. The molecule has 1 aliphatic heterocycles. The van der Waals surface area contributed by atoms with Gasteiger partial charge in [0, 0.05) is 44.4 Å². The number of nitrogens with one attached hydrogen (secondary N) is 1. The van der Waals surface area contributed by atoms with Crippen LogP contribution in [0.3, 0.4) is 0 Å². The van der Waals surface area contributed by atoms with Crippen molar-refractivity contribution in [1.29, 1.82) is 0 Å². The van der Waals surface area contributed by atoms with Crippen LogP contribution >= 0.6 is 23.4 Å². The van der Waals surface area contributed by atoms with E-state index in [1.165, 1.54) is 11.8 Å². The standard InChI is InChI=1S/C20H24ClN5O2S/c1-3-19(28)26-10-8-25(9-11-26)17-12-16(21)23-20(24-17)29-13-18(27)22-15-6-4-14(2)5-7-15/h4-7,12H,3,8-11,13H2,1-2H3,(H,22,27). The van der Waals surface area contributed by atoms with Crippen molar-refractivity contribution in [3.63, 3.8) is 0 Å². The van der Waals surface area contributed by atoms with E-state index in [2.05, 4.69) is 20.2 Å². The number of thioether (sulfide) groups is 1. The minimum Gasteiger partial charge on any atom is -0.353 e. The normalized spacial score (nSPS) is 14.0. The molecule has 1 fully saturated rings. The largest absolute Gasteiger partial charge is 0.353 e. The van der Waals surface area contributed by atoms with Crippen LogP contribution in [-0.4, -0.2) is 58.6 Å². The first kappa shape index (κ1) is 21.4. The third kappa shape index (κ3) is 6.08. The zero-order chi connectivity index (χ0) is 20.8. The van der Waals surface area contributed by atoms with Crippen LogP contribution in [0, 0.1) is 6.92 Å². The quantitative estimate of drug-likeness (QED) is 0.428. The third-order valence-electron chi connectivity index (χ3n) is 4.59. The Balaban J connectivity index is 1.57. The molecule has 1 aromatic heterocycles. The topological polar surface area (TPSA) is 78.4 Å². The summed E-state index contributed by atoms with van der Waals surface area (Å²) >= 11 is 7.42. The number of benzene rings is 1. The molecule has 0 aliphatic carbocycles. The number of anilines is 2. The van der Waals surface area contributed by atoms with E-state index < -0.39 is 0 Å². The number of amides is 2. The molecule has 2 heterocycles. The lowest BCUT2D eigenvalue weighted by Gasteiger charge is -2.35. The van der Waals surface area contributed by atoms with Crippen LogP contribution in [0.2, 0.25) is 5.15 Å². The first-order valence-electron chi connectivity index (χ1n) is 9.51. The molecule has 0 unspecified atom stereocenters. The summed E-state index contributed by atoms with van der Waals surface area (Å²) in [5, 5.41) is 3.65. The summed E-state index contributed by atoms with van der Waals surface area (Å²) in [6, 6.07) is 9.35. The summed E-state index contributed by atoms with van der Waals surface area (Å²) in [4.78, 5) is 36.8. The van der Waals surface area contributed by atoms with Crippen molar-refractivity contribution < 1.29 is 9.59 Å². The fourth-order valence-electron chi connectivity index (χ4n) is 2.98. The molecule has 29 heavy (non-hydrogen) atoms. The van der Waals surface area contributed by atoms with Crippen LogP contribution in [0.15, 0.2) is 35.5 Å². The van der Waals surface area contributed by atoms with Gasteiger partial charge in [-0.2, -0.15) is 0 Å². The average molecular weight is 434 g/mol. The highest BCUT2D eigenvalue weighted by Gasteiger charge is 2.21. The van der Waals surface area contributed by atoms with Crippen molar-refractivity contribution in [3.05, 3.63) is 41.0 Å². The minimum absolute atomic E-state index is 0.129. The molecule has 1 aromatic carbocycles. The molecule has 0 saturated carbocycles. The molecule has 0 atom stereocenters. The summed E-state index contributed by atoms with van der Waals surface area (Å²) in [6.45, 7) is 6.58. The van der Waals surface area contributed by atoms with E-state index in [1.807, 2.05) is 43.0 Å². The second-order valence-corrected chi connectivity index (χ2v) is 8.09. The summed E-state index contributed by atoms with van der Waals surface area (Å²) in [6.07, 6.45) is 0.519. The minimum atomic E-state index is -0.129. The summed E-state index contributed by atoms with van der Waals surface area (Å²) in [5.74, 6) is 0.943. The van der Waals surface area contributed by atoms with E-state index in [9.17, 15) is 9.59 Å². The zero-order valence-corrected chi connectivity index (χ0v) is 18.1. The van der Waals surface area contributed by atoms with Crippen molar-refractivity contribution in [2.75, 3.05) is 42.1 Å². The van der Waals surface area contributed by atoms with Crippen LogP contribution in [0.1, 0.15) is 18.9 Å². The SMILES string of the molecule is CCC(=O)N1CCN(c2cc(Cl)nc(SCC(=O)Nc3ccc(C)cc3)n2)CC1. The van der Waals surface area contributed by atoms with Crippen LogP contribution in [-0.2, 0) is 9.59 Å². The summed E-state index contributed by atoms with van der Waals surface area (Å²) < 4.78 is 0. The Hall–Kier alpha value is -2.32. The van der Waals surface area contributed by atoms with E-state index in [-0.39, 0.29) is 17.6 Å². The van der Waals surface area contributed by atoms with Crippen LogP contribution in [0.5, 0.6) is 0 Å². The predicted octanol–water partition coefficient (Wildman–Crippen LogP) is 3.23. The number of rotatable bonds is 6. The second-order valence-electron chi connectivity index (χ2n) is 6.76. The Morgan fingerprint density at radius 1 is 1.14 bits per heavy atom. The van der Waals surface area contributed by atoms with Gasteiger partial charge in [0.2, 0.25) is 11.8 Å². The highest BCUT2D eigenvalue weighted by molar-refractivity contribution is 7.99. The summed E-state index contributed by atoms with van der Waals surface area (Å²) in [7, 11) is 0. The molecule has 1 N–H and O–H groups in total. The van der Waals surface area contributed by atoms with Gasteiger partial charge in [0.1, 0.15) is 11.0 Å². The first-order valence-corrected chi connectivity index (χ1v) is 10.9. The Morgan fingerprint density at radius 3 is 2.48 bits per heavy atom. The first-order chi connectivity index (χ1) is 13.9. The number of aromatic nitrogens is 2. The van der Waals surface area contributed by atoms with Crippen molar-refractivity contribution in [1.82, 2.24) is 14.9 Å². The molecule has 2 amide bonds. The van der Waals surface area contributed by atoms with Gasteiger partial charge in [-0.15, -0.1) is 0 Å². The fourth-order valence-corrected chi connectivity index (χ4v) is 3.87. The van der Waals surface area contributed by atoms with Gasteiger partial charge in [-0.05, 0) is 19.1 Å². The molecule has 3 rings (SSSR count). The summed E-state index contributed by atoms with van der Waals surface area (Å²) in [5.41, 5.74) is 1.89. The van der Waals surface area contributed by atoms with E-state index in [4.69, 9.17) is 11.6 Å². The monoisotopic (exact) mass is 433 g/mol. The molecule has 0 bridgehead atoms. The highest BCUT2D eigenvalue weighted by Crippen LogP contribution is 2.23. The number of carbonyl (C=O) groups excluding carboxylic acids is 2. The lowest BCUT2D eigenvalue weighted by Crippen LogP contribution is -2.48. The molecule has 2 aromatic rings. The van der Waals surface area contributed by atoms with E-state index in [0.29, 0.717) is 42.9 Å². The predicted molar refractivity (Wildman–Crippen MR) is 117 cm³/mol. The van der Waals surface area contributed by atoms with Crippen molar-refractivity contribution in [2.24, 2.45) is 0 Å². The number of carbonyl (C=O) groups is 2. The molecule has 154 valence electrons. The highest BCUT2D eigenvalue weighted by atomic mass is 35.5. The zero-order valence-electron chi connectivity index (χ0n) is 16.5. The lowest BCUT2D eigenvalue weighted by atomic mass is 10.2. The number of nitrogens with zero attached hydrogens (tertiary/aromatic N) is 4.